The number of phenols is 1. The van der Waals surface area contributed by atoms with E-state index in [4.69, 9.17) is 5.73 Å². The highest BCUT2D eigenvalue weighted by molar-refractivity contribution is 6.24. The summed E-state index contributed by atoms with van der Waals surface area (Å²) in [7, 11) is 3.09. The van der Waals surface area contributed by atoms with Crippen LogP contribution in [0.5, 0.6) is 5.75 Å². The number of phenolic OH excluding ortho intramolecular Hbond substituents is 1. The van der Waals surface area contributed by atoms with E-state index >= 15 is 0 Å². The van der Waals surface area contributed by atoms with Crippen LogP contribution in [-0.4, -0.2) is 79.4 Å². The lowest BCUT2D eigenvalue weighted by molar-refractivity contribution is -0.153. The largest absolute Gasteiger partial charge is 0.508 e. The third kappa shape index (κ3) is 3.79. The average molecular weight is 549 g/mol. The summed E-state index contributed by atoms with van der Waals surface area (Å²) in [5.41, 5.74) is 3.29. The van der Waals surface area contributed by atoms with E-state index in [1.54, 1.807) is 32.3 Å². The molecule has 3 aliphatic carbocycles. The van der Waals surface area contributed by atoms with E-state index in [-0.39, 0.29) is 35.6 Å². The number of aliphatic hydroxyl groups excluding tert-OH is 2. The van der Waals surface area contributed by atoms with Gasteiger partial charge in [-0.25, -0.2) is 4.98 Å². The van der Waals surface area contributed by atoms with Gasteiger partial charge in [0, 0.05) is 30.2 Å². The molecule has 208 valence electrons. The first kappa shape index (κ1) is 27.0. The summed E-state index contributed by atoms with van der Waals surface area (Å²) in [4.78, 5) is 56.3. The monoisotopic (exact) mass is 548 g/mol. The molecule has 5 rings (SSSR count). The smallest absolute Gasteiger partial charge is 0.255 e. The maximum absolute atomic E-state index is 13.9. The van der Waals surface area contributed by atoms with Crippen LogP contribution < -0.4 is 11.1 Å². The molecule has 12 nitrogen and oxygen atoms in total. The summed E-state index contributed by atoms with van der Waals surface area (Å²) < 4.78 is 0. The Labute approximate surface area is 228 Å². The van der Waals surface area contributed by atoms with Crippen LogP contribution in [-0.2, 0) is 25.6 Å². The number of aromatic nitrogens is 1. The topological polar surface area (TPSA) is 203 Å². The van der Waals surface area contributed by atoms with Gasteiger partial charge in [0.2, 0.25) is 11.7 Å². The van der Waals surface area contributed by atoms with E-state index in [0.717, 1.165) is 0 Å². The van der Waals surface area contributed by atoms with E-state index < -0.39 is 58.0 Å². The molecule has 2 aromatic rings. The number of ketones is 2. The number of aromatic hydroxyl groups is 1. The molecule has 1 fully saturated rings. The SMILES string of the molecule is CC(=O)Nc1ccc(-c2ccc(O)c3c2C[C@H]2C[C@H]4[C@@H](N(C)C)C(=O)C(C(N)=O)=C(O)[C@@]4(O)C(=O)C2=C3O)cn1. The van der Waals surface area contributed by atoms with Crippen molar-refractivity contribution >= 4 is 35.0 Å². The molecule has 4 atom stereocenters. The molecule has 1 aromatic heterocycles. The maximum atomic E-state index is 13.9. The van der Waals surface area contributed by atoms with Gasteiger partial charge in [-0.2, -0.15) is 0 Å². The number of hydrogen-bond donors (Lipinski definition) is 6. The van der Waals surface area contributed by atoms with E-state index in [1.165, 1.54) is 24.1 Å². The molecule has 2 amide bonds. The molecular weight excluding hydrogens is 520 g/mol. The Morgan fingerprint density at radius 1 is 1.12 bits per heavy atom. The second-order valence-electron chi connectivity index (χ2n) is 10.6. The number of rotatable bonds is 4. The number of amides is 2. The van der Waals surface area contributed by atoms with Gasteiger partial charge >= 0.3 is 0 Å². The van der Waals surface area contributed by atoms with Gasteiger partial charge in [0.05, 0.1) is 11.6 Å². The zero-order valence-corrected chi connectivity index (χ0v) is 21.9. The molecule has 0 radical (unpaired) electrons. The predicted octanol–water partition coefficient (Wildman–Crippen LogP) is 0.984. The van der Waals surface area contributed by atoms with Crippen LogP contribution in [0.1, 0.15) is 24.5 Å². The number of anilines is 1. The lowest BCUT2D eigenvalue weighted by Crippen LogP contribution is -2.65. The number of carbonyl (C=O) groups is 4. The molecule has 0 spiro atoms. The number of nitrogens with one attached hydrogen (secondary N) is 1. The molecule has 0 aliphatic heterocycles. The lowest BCUT2D eigenvalue weighted by Gasteiger charge is -2.50. The second-order valence-corrected chi connectivity index (χ2v) is 10.6. The molecule has 40 heavy (non-hydrogen) atoms. The first-order valence-electron chi connectivity index (χ1n) is 12.5. The summed E-state index contributed by atoms with van der Waals surface area (Å²) in [6.07, 6.45) is 1.65. The van der Waals surface area contributed by atoms with Gasteiger partial charge in [-0.1, -0.05) is 6.07 Å². The molecule has 0 unspecified atom stereocenters. The first-order valence-corrected chi connectivity index (χ1v) is 12.5. The summed E-state index contributed by atoms with van der Waals surface area (Å²) >= 11 is 0. The van der Waals surface area contributed by atoms with E-state index in [2.05, 4.69) is 10.3 Å². The molecule has 1 aromatic carbocycles. The molecule has 0 saturated heterocycles. The van der Waals surface area contributed by atoms with Crippen molar-refractivity contribution in [3.63, 3.8) is 0 Å². The summed E-state index contributed by atoms with van der Waals surface area (Å²) in [5, 5.41) is 47.3. The van der Waals surface area contributed by atoms with Crippen LogP contribution in [0.25, 0.3) is 16.9 Å². The Hall–Kier alpha value is -4.55. The normalized spacial score (nSPS) is 25.9. The number of nitrogens with two attached hydrogens (primary N) is 1. The first-order chi connectivity index (χ1) is 18.8. The fourth-order valence-corrected chi connectivity index (χ4v) is 6.32. The van der Waals surface area contributed by atoms with Gasteiger partial charge in [0.15, 0.2) is 11.4 Å². The van der Waals surface area contributed by atoms with Crippen LogP contribution in [0.4, 0.5) is 5.82 Å². The summed E-state index contributed by atoms with van der Waals surface area (Å²) in [6.45, 7) is 1.36. The van der Waals surface area contributed by atoms with Gasteiger partial charge in [-0.05, 0) is 62.2 Å². The standard InChI is InChI=1S/C28H28N4O8/c1-11(33)31-18-7-4-12(10-30-18)14-5-6-17(34)20-15(14)8-13-9-16-22(32(2)3)24(36)21(27(29)39)26(38)28(16,40)25(37)19(13)23(20)35/h4-7,10,13,16,22,34-35,38,40H,8-9H2,1-3H3,(H2,29,39)(H,30,31,33)/t13-,16-,22+,28-/m0/s1. The number of nitrogens with zero attached hydrogens (tertiary/aromatic N) is 2. The van der Waals surface area contributed by atoms with Crippen molar-refractivity contribution < 1.29 is 39.6 Å². The number of aliphatic hydroxyl groups is 3. The number of pyridine rings is 1. The van der Waals surface area contributed by atoms with Crippen molar-refractivity contribution in [1.82, 2.24) is 9.88 Å². The molecule has 1 heterocycles. The Morgan fingerprint density at radius 2 is 1.82 bits per heavy atom. The second kappa shape index (κ2) is 9.28. The third-order valence-electron chi connectivity index (χ3n) is 7.98. The minimum atomic E-state index is -2.69. The van der Waals surface area contributed by atoms with Crippen LogP contribution in [0.15, 0.2) is 47.4 Å². The van der Waals surface area contributed by atoms with Crippen molar-refractivity contribution in [3.05, 3.63) is 58.5 Å². The van der Waals surface area contributed by atoms with Gasteiger partial charge in [-0.15, -0.1) is 0 Å². The van der Waals surface area contributed by atoms with Gasteiger partial charge in [0.25, 0.3) is 5.91 Å². The van der Waals surface area contributed by atoms with Crippen LogP contribution in [0.3, 0.4) is 0 Å². The Bertz CT molecular complexity index is 1560. The molecule has 0 bridgehead atoms. The Balaban J connectivity index is 1.68. The fourth-order valence-electron chi connectivity index (χ4n) is 6.32. The highest BCUT2D eigenvalue weighted by atomic mass is 16.3. The molecule has 1 saturated carbocycles. The van der Waals surface area contributed by atoms with Crippen molar-refractivity contribution in [3.8, 4) is 16.9 Å². The summed E-state index contributed by atoms with van der Waals surface area (Å²) in [5.74, 6) is -6.99. The van der Waals surface area contributed by atoms with Gasteiger partial charge in [0.1, 0.15) is 28.7 Å². The quantitative estimate of drug-likeness (QED) is 0.299. The predicted molar refractivity (Wildman–Crippen MR) is 142 cm³/mol. The van der Waals surface area contributed by atoms with Crippen LogP contribution in [0.2, 0.25) is 0 Å². The number of likely N-dealkylation sites (N-methyl/N-ethyl adjacent to an activating group) is 1. The number of fused-ring (bicyclic) bond motifs is 3. The van der Waals surface area contributed by atoms with E-state index in [9.17, 15) is 39.6 Å². The molecular formula is C28H28N4O8. The third-order valence-corrected chi connectivity index (χ3v) is 7.98. The van der Waals surface area contributed by atoms with Crippen molar-refractivity contribution in [2.45, 2.75) is 31.4 Å². The van der Waals surface area contributed by atoms with Crippen molar-refractivity contribution in [1.29, 1.82) is 0 Å². The van der Waals surface area contributed by atoms with Crippen LogP contribution in [0, 0.1) is 11.8 Å². The van der Waals surface area contributed by atoms with E-state index in [1.807, 2.05) is 0 Å². The average Bonchev–Trinajstić information content (AvgIpc) is 2.86. The number of benzene rings is 1. The minimum absolute atomic E-state index is 0.0133. The Morgan fingerprint density at radius 3 is 2.40 bits per heavy atom. The molecule has 7 N–H and O–H groups in total. The van der Waals surface area contributed by atoms with Gasteiger partial charge < -0.3 is 31.5 Å². The number of Topliss-reactive ketones (excluding diaryl/α,β-unsaturated/α-hetero) is 2. The highest BCUT2D eigenvalue weighted by Gasteiger charge is 2.64. The van der Waals surface area contributed by atoms with Crippen molar-refractivity contribution in [2.24, 2.45) is 17.6 Å². The Kier molecular flexibility index (Phi) is 6.27. The number of hydrogen-bond acceptors (Lipinski definition) is 10. The van der Waals surface area contributed by atoms with E-state index in [0.29, 0.717) is 22.5 Å². The van der Waals surface area contributed by atoms with Crippen LogP contribution >= 0.6 is 0 Å². The van der Waals surface area contributed by atoms with Gasteiger partial charge in [-0.3, -0.25) is 24.1 Å². The number of primary amides is 1. The summed E-state index contributed by atoms with van der Waals surface area (Å²) in [6, 6.07) is 5.14. The zero-order valence-electron chi connectivity index (χ0n) is 21.9. The minimum Gasteiger partial charge on any atom is -0.508 e. The molecule has 3 aliphatic rings. The number of carbonyl (C=O) groups excluding carboxylic acids is 4. The van der Waals surface area contributed by atoms with Crippen molar-refractivity contribution in [2.75, 3.05) is 19.4 Å². The highest BCUT2D eigenvalue weighted by Crippen LogP contribution is 2.53. The maximum Gasteiger partial charge on any atom is 0.255 e. The fraction of sp³-hybridized carbons (Fsp3) is 0.321. The zero-order chi connectivity index (χ0) is 29.3. The molecule has 12 heteroatoms. The lowest BCUT2D eigenvalue weighted by atomic mass is 9.57.